The molecule has 84 valence electrons. The topological polar surface area (TPSA) is 38.9 Å². The molecule has 1 aromatic heterocycles. The smallest absolute Gasteiger partial charge is 0.125 e. The van der Waals surface area contributed by atoms with Gasteiger partial charge in [-0.3, -0.25) is 0 Å². The van der Waals surface area contributed by atoms with Crippen molar-refractivity contribution >= 4 is 34.5 Å². The average molecular weight is 273 g/mol. The number of benzene rings is 1. The Labute approximate surface area is 108 Å². The van der Waals surface area contributed by atoms with Gasteiger partial charge in [-0.1, -0.05) is 35.3 Å². The quantitative estimate of drug-likeness (QED) is 0.927. The summed E-state index contributed by atoms with van der Waals surface area (Å²) in [5, 5.41) is 3.99. The molecule has 0 amide bonds. The van der Waals surface area contributed by atoms with E-state index in [2.05, 4.69) is 4.98 Å². The number of nitrogens with zero attached hydrogens (tertiary/aromatic N) is 1. The van der Waals surface area contributed by atoms with Crippen LogP contribution in [0.3, 0.4) is 0 Å². The molecule has 0 unspecified atom stereocenters. The summed E-state index contributed by atoms with van der Waals surface area (Å²) in [4.78, 5) is 4.47. The first-order valence-corrected chi connectivity index (χ1v) is 6.45. The van der Waals surface area contributed by atoms with Crippen molar-refractivity contribution in [2.24, 2.45) is 5.73 Å². The van der Waals surface area contributed by atoms with E-state index >= 15 is 0 Å². The maximum Gasteiger partial charge on any atom is 0.125 e. The zero-order chi connectivity index (χ0) is 11.5. The molecule has 5 heteroatoms. The molecule has 0 atom stereocenters. The molecule has 0 aliphatic heterocycles. The van der Waals surface area contributed by atoms with E-state index in [9.17, 15) is 0 Å². The lowest BCUT2D eigenvalue weighted by Gasteiger charge is -2.01. The van der Waals surface area contributed by atoms with Crippen molar-refractivity contribution in [1.82, 2.24) is 4.98 Å². The van der Waals surface area contributed by atoms with Gasteiger partial charge in [0, 0.05) is 17.4 Å². The van der Waals surface area contributed by atoms with E-state index in [1.54, 1.807) is 17.4 Å². The minimum atomic E-state index is 0.551. The molecule has 0 spiro atoms. The van der Waals surface area contributed by atoms with E-state index in [4.69, 9.17) is 28.9 Å². The monoisotopic (exact) mass is 272 g/mol. The number of hydrogen-bond acceptors (Lipinski definition) is 3. The van der Waals surface area contributed by atoms with Crippen LogP contribution >= 0.6 is 34.5 Å². The van der Waals surface area contributed by atoms with Crippen LogP contribution in [-0.4, -0.2) is 11.5 Å². The molecule has 0 bridgehead atoms. The lowest BCUT2D eigenvalue weighted by Crippen LogP contribution is -2.02. The third kappa shape index (κ3) is 2.38. The Balaban J connectivity index is 2.39. The number of rotatable bonds is 3. The normalized spacial score (nSPS) is 10.7. The van der Waals surface area contributed by atoms with Crippen molar-refractivity contribution < 1.29 is 0 Å². The first-order chi connectivity index (χ1) is 7.72. The average Bonchev–Trinajstić information content (AvgIpc) is 2.71. The van der Waals surface area contributed by atoms with Crippen molar-refractivity contribution in [2.45, 2.75) is 6.42 Å². The van der Waals surface area contributed by atoms with E-state index in [-0.39, 0.29) is 0 Å². The molecule has 2 nitrogen and oxygen atoms in total. The molecule has 2 rings (SSSR count). The van der Waals surface area contributed by atoms with E-state index in [0.29, 0.717) is 16.6 Å². The van der Waals surface area contributed by atoms with Crippen LogP contribution in [0.2, 0.25) is 10.0 Å². The molecule has 2 aromatic rings. The molecular weight excluding hydrogens is 263 g/mol. The van der Waals surface area contributed by atoms with Gasteiger partial charge in [-0.25, -0.2) is 4.98 Å². The van der Waals surface area contributed by atoms with Gasteiger partial charge in [0.25, 0.3) is 0 Å². The molecule has 0 saturated heterocycles. The molecule has 2 N–H and O–H groups in total. The first-order valence-electron chi connectivity index (χ1n) is 4.81. The summed E-state index contributed by atoms with van der Waals surface area (Å²) in [7, 11) is 0. The van der Waals surface area contributed by atoms with Gasteiger partial charge in [-0.05, 0) is 12.6 Å². The van der Waals surface area contributed by atoms with Gasteiger partial charge in [0.05, 0.1) is 15.7 Å². The van der Waals surface area contributed by atoms with Gasteiger partial charge in [-0.15, -0.1) is 11.3 Å². The zero-order valence-electron chi connectivity index (χ0n) is 8.41. The molecule has 0 aliphatic carbocycles. The second-order valence-corrected chi connectivity index (χ2v) is 4.93. The maximum absolute atomic E-state index is 6.12. The molecule has 1 aromatic carbocycles. The summed E-state index contributed by atoms with van der Waals surface area (Å²) >= 11 is 13.6. The Kier molecular flexibility index (Phi) is 3.82. The van der Waals surface area contributed by atoms with Gasteiger partial charge in [0.15, 0.2) is 0 Å². The molecule has 0 aliphatic rings. The van der Waals surface area contributed by atoms with Crippen LogP contribution in [0, 0.1) is 0 Å². The van der Waals surface area contributed by atoms with Gasteiger partial charge >= 0.3 is 0 Å². The fourth-order valence-corrected chi connectivity index (χ4v) is 2.69. The number of nitrogens with two attached hydrogens (primary N) is 1. The first kappa shape index (κ1) is 11.9. The van der Waals surface area contributed by atoms with Crippen molar-refractivity contribution in [3.63, 3.8) is 0 Å². The van der Waals surface area contributed by atoms with E-state index < -0.39 is 0 Å². The summed E-state index contributed by atoms with van der Waals surface area (Å²) in [6, 6.07) is 5.55. The number of aromatic nitrogens is 1. The molecule has 0 fully saturated rings. The molecule has 16 heavy (non-hydrogen) atoms. The molecule has 0 saturated carbocycles. The van der Waals surface area contributed by atoms with Crippen LogP contribution in [0.1, 0.15) is 5.69 Å². The summed E-state index contributed by atoms with van der Waals surface area (Å²) in [5.41, 5.74) is 7.36. The van der Waals surface area contributed by atoms with E-state index in [1.165, 1.54) is 0 Å². The summed E-state index contributed by atoms with van der Waals surface area (Å²) in [6.45, 7) is 0.604. The fraction of sp³-hybridized carbons (Fsp3) is 0.182. The minimum Gasteiger partial charge on any atom is -0.330 e. The third-order valence-corrected chi connectivity index (χ3v) is 3.88. The Hall–Kier alpha value is -0.610. The minimum absolute atomic E-state index is 0.551. The van der Waals surface area contributed by atoms with Crippen LogP contribution in [0.25, 0.3) is 10.6 Å². The van der Waals surface area contributed by atoms with E-state index in [1.807, 2.05) is 17.5 Å². The predicted molar refractivity (Wildman–Crippen MR) is 70.3 cm³/mol. The second-order valence-electron chi connectivity index (χ2n) is 3.28. The Morgan fingerprint density at radius 2 is 2.12 bits per heavy atom. The van der Waals surface area contributed by atoms with Gasteiger partial charge in [0.1, 0.15) is 5.01 Å². The van der Waals surface area contributed by atoms with Crippen molar-refractivity contribution in [3.8, 4) is 10.6 Å². The number of hydrogen-bond donors (Lipinski definition) is 1. The van der Waals surface area contributed by atoms with E-state index in [0.717, 1.165) is 22.7 Å². The highest BCUT2D eigenvalue weighted by Crippen LogP contribution is 2.34. The molecular formula is C11H10Cl2N2S. The Bertz CT molecular complexity index is 496. The number of halogens is 2. The van der Waals surface area contributed by atoms with Crippen LogP contribution in [-0.2, 0) is 6.42 Å². The standard InChI is InChI=1S/C11H10Cl2N2S/c12-9-3-1-2-8(10(9)13)11-15-7(4-5-14)6-16-11/h1-3,6H,4-5,14H2. The highest BCUT2D eigenvalue weighted by molar-refractivity contribution is 7.13. The van der Waals surface area contributed by atoms with Crippen LogP contribution < -0.4 is 5.73 Å². The Morgan fingerprint density at radius 1 is 1.31 bits per heavy atom. The van der Waals surface area contributed by atoms with Gasteiger partial charge < -0.3 is 5.73 Å². The zero-order valence-corrected chi connectivity index (χ0v) is 10.7. The van der Waals surface area contributed by atoms with Crippen molar-refractivity contribution in [2.75, 3.05) is 6.54 Å². The lowest BCUT2D eigenvalue weighted by molar-refractivity contribution is 0.936. The SMILES string of the molecule is NCCc1csc(-c2cccc(Cl)c2Cl)n1. The summed E-state index contributed by atoms with van der Waals surface area (Å²) < 4.78 is 0. The highest BCUT2D eigenvalue weighted by atomic mass is 35.5. The van der Waals surface area contributed by atoms with Crippen molar-refractivity contribution in [1.29, 1.82) is 0 Å². The largest absolute Gasteiger partial charge is 0.330 e. The highest BCUT2D eigenvalue weighted by Gasteiger charge is 2.10. The van der Waals surface area contributed by atoms with Crippen LogP contribution in [0.15, 0.2) is 23.6 Å². The van der Waals surface area contributed by atoms with Crippen LogP contribution in [0.5, 0.6) is 0 Å². The summed E-state index contributed by atoms with van der Waals surface area (Å²) in [6.07, 6.45) is 0.786. The lowest BCUT2D eigenvalue weighted by atomic mass is 10.2. The van der Waals surface area contributed by atoms with Crippen molar-refractivity contribution in [3.05, 3.63) is 39.3 Å². The van der Waals surface area contributed by atoms with Gasteiger partial charge in [-0.2, -0.15) is 0 Å². The molecule has 1 heterocycles. The molecule has 0 radical (unpaired) electrons. The summed E-state index contributed by atoms with van der Waals surface area (Å²) in [5.74, 6) is 0. The number of thiazole rings is 1. The third-order valence-electron chi connectivity index (χ3n) is 2.13. The van der Waals surface area contributed by atoms with Gasteiger partial charge in [0.2, 0.25) is 0 Å². The predicted octanol–water partition coefficient (Wildman–Crippen LogP) is 3.62. The van der Waals surface area contributed by atoms with Crippen LogP contribution in [0.4, 0.5) is 0 Å². The second kappa shape index (κ2) is 5.15. The maximum atomic E-state index is 6.12. The fourth-order valence-electron chi connectivity index (χ4n) is 1.36. The Morgan fingerprint density at radius 3 is 2.88 bits per heavy atom.